The number of hydrogen-bond donors (Lipinski definition) is 0. The number of benzene rings is 1. The van der Waals surface area contributed by atoms with Gasteiger partial charge in [-0.05, 0) is 121 Å². The molecular formula is C32H52O3Si. The van der Waals surface area contributed by atoms with Gasteiger partial charge in [0, 0.05) is 12.0 Å². The summed E-state index contributed by atoms with van der Waals surface area (Å²) < 4.78 is 13.6. The summed E-state index contributed by atoms with van der Waals surface area (Å²) in [5, 5.41) is 0.169. The number of carbonyl (C=O) groups is 1. The number of rotatable bonds is 11. The molecule has 36 heavy (non-hydrogen) atoms. The van der Waals surface area contributed by atoms with E-state index in [0.29, 0.717) is 6.42 Å². The van der Waals surface area contributed by atoms with E-state index in [1.54, 1.807) is 0 Å². The third kappa shape index (κ3) is 7.60. The van der Waals surface area contributed by atoms with Crippen molar-refractivity contribution in [3.63, 3.8) is 0 Å². The Hall–Kier alpha value is -1.81. The highest BCUT2D eigenvalue weighted by Gasteiger charge is 2.41. The van der Waals surface area contributed by atoms with E-state index in [0.717, 1.165) is 62.7 Å². The Morgan fingerprint density at radius 1 is 0.972 bits per heavy atom. The van der Waals surface area contributed by atoms with Crippen LogP contribution >= 0.6 is 0 Å². The highest BCUT2D eigenvalue weighted by molar-refractivity contribution is 6.74. The van der Waals surface area contributed by atoms with Crippen molar-refractivity contribution in [2.75, 3.05) is 0 Å². The predicted molar refractivity (Wildman–Crippen MR) is 157 cm³/mol. The van der Waals surface area contributed by atoms with E-state index < -0.39 is 8.32 Å². The Kier molecular flexibility index (Phi) is 10.3. The van der Waals surface area contributed by atoms with Crippen LogP contribution in [0.1, 0.15) is 109 Å². The summed E-state index contributed by atoms with van der Waals surface area (Å²) in [6.07, 6.45) is 13.4. The van der Waals surface area contributed by atoms with Gasteiger partial charge in [0.05, 0.1) is 0 Å². The van der Waals surface area contributed by atoms with E-state index in [4.69, 9.17) is 9.16 Å². The summed E-state index contributed by atoms with van der Waals surface area (Å²) in [7, 11) is -1.92. The summed E-state index contributed by atoms with van der Waals surface area (Å²) in [4.78, 5) is 10.5. The predicted octanol–water partition coefficient (Wildman–Crippen LogP) is 9.51. The van der Waals surface area contributed by atoms with E-state index in [2.05, 4.69) is 87.6 Å². The van der Waals surface area contributed by atoms with Gasteiger partial charge in [-0.2, -0.15) is 0 Å². The zero-order chi connectivity index (χ0) is 27.3. The molecule has 1 atom stereocenters. The Morgan fingerprint density at radius 3 is 2.14 bits per heavy atom. The first-order chi connectivity index (χ1) is 16.6. The normalized spacial score (nSPS) is 19.1. The van der Waals surface area contributed by atoms with Gasteiger partial charge in [-0.3, -0.25) is 0 Å². The van der Waals surface area contributed by atoms with Gasteiger partial charge < -0.3 is 14.0 Å². The highest BCUT2D eigenvalue weighted by atomic mass is 28.4. The average Bonchev–Trinajstić information content (AvgIpc) is 2.78. The third-order valence-corrected chi connectivity index (χ3v) is 12.9. The molecule has 0 saturated carbocycles. The number of carbonyl (C=O) groups excluding carboxylic acids is 1. The molecular weight excluding hydrogens is 460 g/mol. The van der Waals surface area contributed by atoms with E-state index >= 15 is 0 Å². The molecule has 2 rings (SSSR count). The molecule has 1 aliphatic heterocycles. The minimum Gasteiger partial charge on any atom is -0.543 e. The Labute approximate surface area is 222 Å². The van der Waals surface area contributed by atoms with Crippen molar-refractivity contribution in [1.82, 2.24) is 0 Å². The topological polar surface area (TPSA) is 35.5 Å². The van der Waals surface area contributed by atoms with Gasteiger partial charge in [0.1, 0.15) is 23.4 Å². The first-order valence-electron chi connectivity index (χ1n) is 13.9. The Bertz CT molecular complexity index is 994. The first kappa shape index (κ1) is 30.4. The molecule has 0 aliphatic carbocycles. The molecule has 1 aliphatic rings. The third-order valence-electron chi connectivity index (χ3n) is 8.58. The molecule has 202 valence electrons. The Morgan fingerprint density at radius 2 is 1.56 bits per heavy atom. The van der Waals surface area contributed by atoms with Crippen molar-refractivity contribution in [2.45, 2.75) is 137 Å². The lowest BCUT2D eigenvalue weighted by Gasteiger charge is -2.41. The highest BCUT2D eigenvalue weighted by Crippen LogP contribution is 2.47. The molecule has 3 nitrogen and oxygen atoms in total. The van der Waals surface area contributed by atoms with E-state index in [9.17, 15) is 4.79 Å². The lowest BCUT2D eigenvalue weighted by atomic mass is 9.85. The molecule has 0 bridgehead atoms. The molecule has 0 aromatic heterocycles. The Balaban J connectivity index is 2.09. The number of hydrogen-bond acceptors (Lipinski definition) is 3. The number of aldehydes is 1. The van der Waals surface area contributed by atoms with Crippen LogP contribution in [0, 0.1) is 20.8 Å². The molecule has 1 heterocycles. The summed E-state index contributed by atoms with van der Waals surface area (Å²) in [6.45, 7) is 24.8. The van der Waals surface area contributed by atoms with Crippen molar-refractivity contribution in [2.24, 2.45) is 0 Å². The number of allylic oxidation sites excluding steroid dienone is 4. The van der Waals surface area contributed by atoms with Gasteiger partial charge in [-0.15, -0.1) is 0 Å². The molecule has 0 spiro atoms. The maximum Gasteiger partial charge on any atom is 0.250 e. The van der Waals surface area contributed by atoms with Crippen molar-refractivity contribution < 1.29 is 14.0 Å². The van der Waals surface area contributed by atoms with Crippen molar-refractivity contribution in [1.29, 1.82) is 0 Å². The fourth-order valence-electron chi connectivity index (χ4n) is 4.68. The van der Waals surface area contributed by atoms with Crippen LogP contribution < -0.4 is 9.16 Å². The van der Waals surface area contributed by atoms with Crippen molar-refractivity contribution in [3.05, 3.63) is 45.6 Å². The smallest absolute Gasteiger partial charge is 0.250 e. The summed E-state index contributed by atoms with van der Waals surface area (Å²) >= 11 is 0. The van der Waals surface area contributed by atoms with Crippen LogP contribution in [-0.2, 0) is 11.2 Å². The monoisotopic (exact) mass is 512 g/mol. The lowest BCUT2D eigenvalue weighted by Crippen LogP contribution is -2.44. The second kappa shape index (κ2) is 12.2. The second-order valence-corrected chi connectivity index (χ2v) is 17.5. The van der Waals surface area contributed by atoms with Crippen LogP contribution in [0.3, 0.4) is 0 Å². The van der Waals surface area contributed by atoms with Crippen LogP contribution in [0.4, 0.5) is 0 Å². The fourth-order valence-corrected chi connectivity index (χ4v) is 5.80. The quantitative estimate of drug-likeness (QED) is 0.168. The van der Waals surface area contributed by atoms with Crippen LogP contribution in [0.15, 0.2) is 23.3 Å². The first-order valence-corrected chi connectivity index (χ1v) is 16.8. The van der Waals surface area contributed by atoms with Gasteiger partial charge in [-0.25, -0.2) is 0 Å². The molecule has 0 saturated heterocycles. The zero-order valence-electron chi connectivity index (χ0n) is 25.1. The molecule has 0 radical (unpaired) electrons. The second-order valence-electron chi connectivity index (χ2n) is 12.8. The molecule has 0 N–H and O–H groups in total. The van der Waals surface area contributed by atoms with Crippen LogP contribution in [0.5, 0.6) is 11.5 Å². The van der Waals surface area contributed by atoms with E-state index in [1.165, 1.54) is 33.4 Å². The van der Waals surface area contributed by atoms with Gasteiger partial charge >= 0.3 is 0 Å². The van der Waals surface area contributed by atoms with Gasteiger partial charge in [-0.1, -0.05) is 44.1 Å². The fraction of sp³-hybridized carbons (Fsp3) is 0.656. The van der Waals surface area contributed by atoms with E-state index in [1.807, 2.05) is 0 Å². The largest absolute Gasteiger partial charge is 0.543 e. The maximum absolute atomic E-state index is 10.5. The minimum atomic E-state index is -1.92. The lowest BCUT2D eigenvalue weighted by molar-refractivity contribution is -0.107. The summed E-state index contributed by atoms with van der Waals surface area (Å²) in [5.41, 5.74) is 7.69. The molecule has 4 heteroatoms. The molecule has 0 unspecified atom stereocenters. The minimum absolute atomic E-state index is 0.138. The van der Waals surface area contributed by atoms with Gasteiger partial charge in [0.2, 0.25) is 0 Å². The van der Waals surface area contributed by atoms with Crippen molar-refractivity contribution >= 4 is 14.6 Å². The van der Waals surface area contributed by atoms with Crippen LogP contribution in [0.25, 0.3) is 0 Å². The standard InChI is InChI=1S/C32H52O3Si/c1-23(15-12-16-24(2)18-14-22-33)17-13-20-32(9)21-19-28-27(5)29(25(3)26(4)30(28)34-32)35-36(10,11)31(6,7)8/h16-17,22H,12-15,18-21H2,1-11H3/b23-17+,24-16+/t32-/m1/s1. The summed E-state index contributed by atoms with van der Waals surface area (Å²) in [6, 6.07) is 0. The number of fused-ring (bicyclic) bond motifs is 1. The van der Waals surface area contributed by atoms with Gasteiger partial charge in [0.15, 0.2) is 0 Å². The summed E-state index contributed by atoms with van der Waals surface area (Å²) in [5.74, 6) is 2.19. The molecule has 0 fully saturated rings. The van der Waals surface area contributed by atoms with Crippen LogP contribution in [0.2, 0.25) is 18.1 Å². The molecule has 0 amide bonds. The van der Waals surface area contributed by atoms with E-state index in [-0.39, 0.29) is 10.6 Å². The maximum atomic E-state index is 10.5. The van der Waals surface area contributed by atoms with Gasteiger partial charge in [0.25, 0.3) is 8.32 Å². The average molecular weight is 513 g/mol. The molecule has 1 aromatic carbocycles. The van der Waals surface area contributed by atoms with Crippen LogP contribution in [-0.4, -0.2) is 20.2 Å². The van der Waals surface area contributed by atoms with Crippen molar-refractivity contribution in [3.8, 4) is 11.5 Å². The SMILES string of the molecule is C/C(=C\CC/C(C)=C/CC[C@]1(C)CCc2c(C)c(O[Si](C)(C)C(C)(C)C)c(C)c(C)c2O1)CCC=O. The zero-order valence-corrected chi connectivity index (χ0v) is 26.1. The molecule has 1 aromatic rings. The number of ether oxygens (including phenoxy) is 1.